The zero-order valence-corrected chi connectivity index (χ0v) is 11.7. The molecule has 1 aromatic carbocycles. The first-order valence-corrected chi connectivity index (χ1v) is 6.61. The number of aryl methyl sites for hydroxylation is 1. The topological polar surface area (TPSA) is 46.3 Å². The normalized spacial score (nSPS) is 11.8. The van der Waals surface area contributed by atoms with Gasteiger partial charge in [-0.1, -0.05) is 12.1 Å². The van der Waals surface area contributed by atoms with E-state index in [-0.39, 0.29) is 10.6 Å². The van der Waals surface area contributed by atoms with E-state index in [1.807, 2.05) is 19.1 Å². The van der Waals surface area contributed by atoms with Crippen LogP contribution in [0.5, 0.6) is 0 Å². The van der Waals surface area contributed by atoms with Crippen LogP contribution >= 0.6 is 11.3 Å². The lowest BCUT2D eigenvalue weighted by atomic mass is 10.1. The lowest BCUT2D eigenvalue weighted by Gasteiger charge is -2.18. The van der Waals surface area contributed by atoms with Crippen molar-refractivity contribution in [3.63, 3.8) is 0 Å². The molecule has 0 aliphatic heterocycles. The number of halogens is 3. The molecule has 0 spiro atoms. The Morgan fingerprint density at radius 1 is 1.40 bits per heavy atom. The van der Waals surface area contributed by atoms with Crippen molar-refractivity contribution >= 4 is 33.0 Å². The maximum atomic E-state index is 12.3. The number of nitrogens with two attached hydrogens (primary N) is 1. The van der Waals surface area contributed by atoms with E-state index in [0.717, 1.165) is 28.6 Å². The summed E-state index contributed by atoms with van der Waals surface area (Å²) < 4.78 is 37.8. The fourth-order valence-electron chi connectivity index (χ4n) is 1.90. The summed E-state index contributed by atoms with van der Waals surface area (Å²) in [4.78, 5) is 12.8. The number of amides is 1. The molecule has 1 amide bonds. The molecule has 2 rings (SSSR count). The van der Waals surface area contributed by atoms with Gasteiger partial charge in [-0.2, -0.15) is 13.2 Å². The molecule has 0 unspecified atom stereocenters. The summed E-state index contributed by atoms with van der Waals surface area (Å²) in [6, 6.07) is 5.48. The number of nitrogens with zero attached hydrogens (tertiary/aromatic N) is 1. The van der Waals surface area contributed by atoms with Crippen molar-refractivity contribution in [3.05, 3.63) is 28.6 Å². The van der Waals surface area contributed by atoms with Gasteiger partial charge < -0.3 is 10.6 Å². The molecule has 1 heterocycles. The van der Waals surface area contributed by atoms with E-state index < -0.39 is 18.6 Å². The first kappa shape index (κ1) is 14.6. The number of hydrogen-bond acceptors (Lipinski definition) is 3. The van der Waals surface area contributed by atoms with E-state index in [0.29, 0.717) is 10.3 Å². The minimum atomic E-state index is -4.42. The number of anilines is 1. The molecule has 108 valence electrons. The Morgan fingerprint density at radius 2 is 2.05 bits per heavy atom. The van der Waals surface area contributed by atoms with Crippen LogP contribution in [0.4, 0.5) is 18.9 Å². The Morgan fingerprint density at radius 3 is 2.65 bits per heavy atom. The van der Waals surface area contributed by atoms with Crippen LogP contribution in [0.2, 0.25) is 0 Å². The Kier molecular flexibility index (Phi) is 3.64. The fourth-order valence-corrected chi connectivity index (χ4v) is 3.11. The minimum Gasteiger partial charge on any atom is -0.397 e. The van der Waals surface area contributed by atoms with Gasteiger partial charge in [0.25, 0.3) is 5.91 Å². The summed E-state index contributed by atoms with van der Waals surface area (Å²) in [5, 5.41) is 0.698. The van der Waals surface area contributed by atoms with Gasteiger partial charge in [-0.05, 0) is 18.6 Å². The first-order chi connectivity index (χ1) is 9.19. The highest BCUT2D eigenvalue weighted by atomic mass is 32.1. The molecule has 1 aromatic heterocycles. The van der Waals surface area contributed by atoms with Crippen LogP contribution in [0, 0.1) is 6.92 Å². The van der Waals surface area contributed by atoms with Gasteiger partial charge in [0.05, 0.1) is 5.69 Å². The van der Waals surface area contributed by atoms with Gasteiger partial charge in [0.15, 0.2) is 0 Å². The van der Waals surface area contributed by atoms with Gasteiger partial charge in [-0.25, -0.2) is 0 Å². The average molecular weight is 302 g/mol. The van der Waals surface area contributed by atoms with Crippen LogP contribution in [0.15, 0.2) is 18.2 Å². The van der Waals surface area contributed by atoms with Gasteiger partial charge >= 0.3 is 6.18 Å². The smallest absolute Gasteiger partial charge is 0.397 e. The van der Waals surface area contributed by atoms with E-state index in [1.165, 1.54) is 0 Å². The molecule has 2 N–H and O–H groups in total. The fraction of sp³-hybridized carbons (Fsp3) is 0.308. The van der Waals surface area contributed by atoms with Gasteiger partial charge in [0.1, 0.15) is 11.4 Å². The predicted molar refractivity (Wildman–Crippen MR) is 74.0 cm³/mol. The van der Waals surface area contributed by atoms with Crippen molar-refractivity contribution in [1.82, 2.24) is 4.90 Å². The molecule has 0 fully saturated rings. The van der Waals surface area contributed by atoms with Crippen LogP contribution in [0.3, 0.4) is 0 Å². The largest absolute Gasteiger partial charge is 0.406 e. The molecule has 7 heteroatoms. The summed E-state index contributed by atoms with van der Waals surface area (Å²) >= 11 is 1.12. The van der Waals surface area contributed by atoms with Crippen molar-refractivity contribution < 1.29 is 18.0 Å². The molecule has 2 aromatic rings. The van der Waals surface area contributed by atoms with Crippen molar-refractivity contribution in [2.45, 2.75) is 13.1 Å². The molecule has 0 radical (unpaired) electrons. The van der Waals surface area contributed by atoms with E-state index >= 15 is 0 Å². The molecule has 0 aliphatic carbocycles. The van der Waals surface area contributed by atoms with E-state index in [2.05, 4.69) is 0 Å². The second-order valence-corrected chi connectivity index (χ2v) is 5.67. The predicted octanol–water partition coefficient (Wildman–Crippen LogP) is 3.43. The quantitative estimate of drug-likeness (QED) is 0.924. The average Bonchev–Trinajstić information content (AvgIpc) is 2.63. The second kappa shape index (κ2) is 4.97. The summed E-state index contributed by atoms with van der Waals surface area (Å²) in [6.45, 7) is 0.602. The highest BCUT2D eigenvalue weighted by Crippen LogP contribution is 2.35. The molecular formula is C13H13F3N2OS. The van der Waals surface area contributed by atoms with E-state index in [4.69, 9.17) is 5.73 Å². The third kappa shape index (κ3) is 2.87. The molecule has 0 saturated heterocycles. The van der Waals surface area contributed by atoms with Gasteiger partial charge in [0, 0.05) is 17.1 Å². The molecule has 0 atom stereocenters. The number of rotatable bonds is 2. The van der Waals surface area contributed by atoms with Gasteiger partial charge in [-0.15, -0.1) is 11.3 Å². The highest BCUT2D eigenvalue weighted by molar-refractivity contribution is 7.21. The molecule has 0 bridgehead atoms. The maximum absolute atomic E-state index is 12.3. The van der Waals surface area contributed by atoms with Crippen LogP contribution < -0.4 is 5.73 Å². The van der Waals surface area contributed by atoms with E-state index in [1.54, 1.807) is 6.07 Å². The lowest BCUT2D eigenvalue weighted by molar-refractivity contribution is -0.138. The maximum Gasteiger partial charge on any atom is 0.406 e. The number of benzene rings is 1. The number of nitrogen functional groups attached to an aromatic ring is 1. The van der Waals surface area contributed by atoms with Crippen molar-refractivity contribution in [1.29, 1.82) is 0 Å². The Labute approximate surface area is 117 Å². The number of alkyl halides is 3. The molecule has 20 heavy (non-hydrogen) atoms. The lowest BCUT2D eigenvalue weighted by Crippen LogP contribution is -2.35. The molecule has 3 nitrogen and oxygen atoms in total. The number of carbonyl (C=O) groups excluding carboxylic acids is 1. The van der Waals surface area contributed by atoms with Crippen LogP contribution in [0.25, 0.3) is 10.1 Å². The number of carbonyl (C=O) groups is 1. The monoisotopic (exact) mass is 302 g/mol. The third-order valence-corrected chi connectivity index (χ3v) is 4.00. The standard InChI is InChI=1S/C13H13F3N2OS/c1-7-3-4-8-9(5-7)20-11(10(8)17)12(19)18(2)6-13(14,15)16/h3-5H,6,17H2,1-2H3. The molecular weight excluding hydrogens is 289 g/mol. The molecule has 0 aliphatic rings. The Hall–Kier alpha value is -1.76. The van der Waals surface area contributed by atoms with Crippen LogP contribution in [-0.2, 0) is 0 Å². The Balaban J connectivity index is 2.37. The minimum absolute atomic E-state index is 0.150. The van der Waals surface area contributed by atoms with Crippen molar-refractivity contribution in [3.8, 4) is 0 Å². The second-order valence-electron chi connectivity index (χ2n) is 4.62. The van der Waals surface area contributed by atoms with Crippen molar-refractivity contribution in [2.24, 2.45) is 0 Å². The number of fused-ring (bicyclic) bond motifs is 1. The SMILES string of the molecule is Cc1ccc2c(N)c(C(=O)N(C)CC(F)(F)F)sc2c1. The van der Waals surface area contributed by atoms with Crippen LogP contribution in [0.1, 0.15) is 15.2 Å². The van der Waals surface area contributed by atoms with E-state index in [9.17, 15) is 18.0 Å². The zero-order chi connectivity index (χ0) is 15.1. The molecule has 0 saturated carbocycles. The summed E-state index contributed by atoms with van der Waals surface area (Å²) in [7, 11) is 1.12. The summed E-state index contributed by atoms with van der Waals surface area (Å²) in [5.74, 6) is -0.710. The highest BCUT2D eigenvalue weighted by Gasteiger charge is 2.32. The number of hydrogen-bond donors (Lipinski definition) is 1. The first-order valence-electron chi connectivity index (χ1n) is 5.80. The van der Waals surface area contributed by atoms with Crippen molar-refractivity contribution in [2.75, 3.05) is 19.3 Å². The zero-order valence-electron chi connectivity index (χ0n) is 10.9. The summed E-state index contributed by atoms with van der Waals surface area (Å²) in [5.41, 5.74) is 7.11. The van der Waals surface area contributed by atoms with Crippen LogP contribution in [-0.4, -0.2) is 30.6 Å². The van der Waals surface area contributed by atoms with Gasteiger partial charge in [-0.3, -0.25) is 4.79 Å². The third-order valence-electron chi connectivity index (χ3n) is 2.84. The number of thiophene rings is 1. The van der Waals surface area contributed by atoms with Gasteiger partial charge in [0.2, 0.25) is 0 Å². The Bertz CT molecular complexity index is 663. The summed E-state index contributed by atoms with van der Waals surface area (Å²) in [6.07, 6.45) is -4.42.